The Bertz CT molecular complexity index is 956. The lowest BCUT2D eigenvalue weighted by molar-refractivity contribution is -0.115. The molecule has 0 fully saturated rings. The first-order chi connectivity index (χ1) is 13.0. The zero-order valence-electron chi connectivity index (χ0n) is 14.5. The van der Waals surface area contributed by atoms with Crippen LogP contribution in [-0.2, 0) is 11.2 Å². The second-order valence-electron chi connectivity index (χ2n) is 5.82. The van der Waals surface area contributed by atoms with Crippen LogP contribution in [0, 0.1) is 12.7 Å². The Kier molecular flexibility index (Phi) is 5.77. The Morgan fingerprint density at radius 3 is 2.56 bits per heavy atom. The second-order valence-corrected chi connectivity index (χ2v) is 6.68. The van der Waals surface area contributed by atoms with Crippen molar-refractivity contribution in [3.63, 3.8) is 0 Å². The Morgan fingerprint density at radius 1 is 1.04 bits per heavy atom. The van der Waals surface area contributed by atoms with E-state index in [1.807, 2.05) is 31.2 Å². The van der Waals surface area contributed by atoms with Crippen molar-refractivity contribution in [2.75, 3.05) is 16.0 Å². The maximum atomic E-state index is 12.9. The number of thiazole rings is 1. The highest BCUT2D eigenvalue weighted by atomic mass is 32.1. The van der Waals surface area contributed by atoms with Gasteiger partial charge in [-0.1, -0.05) is 12.1 Å². The first-order valence-corrected chi connectivity index (χ1v) is 9.00. The lowest BCUT2D eigenvalue weighted by Crippen LogP contribution is -2.19. The van der Waals surface area contributed by atoms with Crippen molar-refractivity contribution in [1.82, 2.24) is 4.98 Å². The summed E-state index contributed by atoms with van der Waals surface area (Å²) in [5, 5.41) is 10.1. The molecule has 27 heavy (non-hydrogen) atoms. The molecule has 6 nitrogen and oxygen atoms in total. The zero-order chi connectivity index (χ0) is 19.2. The van der Waals surface area contributed by atoms with Crippen LogP contribution in [0.4, 0.5) is 25.7 Å². The smallest absolute Gasteiger partial charge is 0.325 e. The molecule has 0 saturated carbocycles. The molecule has 0 unspecified atom stereocenters. The van der Waals surface area contributed by atoms with Gasteiger partial charge in [0.15, 0.2) is 5.13 Å². The molecule has 138 valence electrons. The van der Waals surface area contributed by atoms with Gasteiger partial charge in [-0.15, -0.1) is 11.3 Å². The third-order valence-electron chi connectivity index (χ3n) is 3.52. The van der Waals surface area contributed by atoms with E-state index in [1.54, 1.807) is 5.38 Å². The zero-order valence-corrected chi connectivity index (χ0v) is 15.3. The number of rotatable bonds is 5. The Morgan fingerprint density at radius 2 is 1.81 bits per heavy atom. The minimum absolute atomic E-state index is 0.103. The third kappa shape index (κ3) is 5.61. The number of halogens is 1. The molecule has 1 heterocycles. The molecule has 0 saturated heterocycles. The van der Waals surface area contributed by atoms with E-state index in [2.05, 4.69) is 20.9 Å². The lowest BCUT2D eigenvalue weighted by atomic mass is 10.2. The van der Waals surface area contributed by atoms with Crippen LogP contribution in [0.2, 0.25) is 0 Å². The number of aromatic nitrogens is 1. The number of nitrogens with zero attached hydrogens (tertiary/aromatic N) is 1. The Labute approximate surface area is 159 Å². The summed E-state index contributed by atoms with van der Waals surface area (Å²) < 4.78 is 12.9. The van der Waals surface area contributed by atoms with E-state index in [9.17, 15) is 14.0 Å². The minimum Gasteiger partial charge on any atom is -0.326 e. The molecule has 3 N–H and O–H groups in total. The average Bonchev–Trinajstić information content (AvgIpc) is 3.03. The van der Waals surface area contributed by atoms with Gasteiger partial charge < -0.3 is 10.6 Å². The van der Waals surface area contributed by atoms with Gasteiger partial charge in [-0.3, -0.25) is 10.1 Å². The van der Waals surface area contributed by atoms with Crippen molar-refractivity contribution in [3.8, 4) is 0 Å². The standard InChI is InChI=1S/C19H17FN4O2S/c1-12-3-2-4-15(9-12)21-17(25)10-16-11-27-19(23-16)24-18(26)22-14-7-5-13(20)6-8-14/h2-9,11H,10H2,1H3,(H,21,25)(H2,22,23,24,26). The van der Waals surface area contributed by atoms with Gasteiger partial charge >= 0.3 is 6.03 Å². The van der Waals surface area contributed by atoms with Crippen LogP contribution >= 0.6 is 11.3 Å². The highest BCUT2D eigenvalue weighted by Crippen LogP contribution is 2.17. The van der Waals surface area contributed by atoms with Crippen molar-refractivity contribution in [1.29, 1.82) is 0 Å². The summed E-state index contributed by atoms with van der Waals surface area (Å²) in [6, 6.07) is 12.4. The lowest BCUT2D eigenvalue weighted by Gasteiger charge is -2.05. The number of amides is 3. The molecule has 0 atom stereocenters. The quantitative estimate of drug-likeness (QED) is 0.609. The first kappa shape index (κ1) is 18.5. The van der Waals surface area contributed by atoms with Gasteiger partial charge in [0.25, 0.3) is 0 Å². The van der Waals surface area contributed by atoms with Gasteiger partial charge in [0.1, 0.15) is 5.82 Å². The van der Waals surface area contributed by atoms with Gasteiger partial charge in [0.2, 0.25) is 5.91 Å². The number of urea groups is 1. The fraction of sp³-hybridized carbons (Fsp3) is 0.105. The third-order valence-corrected chi connectivity index (χ3v) is 4.32. The summed E-state index contributed by atoms with van der Waals surface area (Å²) in [6.07, 6.45) is 0.103. The Hall–Kier alpha value is -3.26. The summed E-state index contributed by atoms with van der Waals surface area (Å²) in [4.78, 5) is 28.3. The molecule has 3 aromatic rings. The van der Waals surface area contributed by atoms with Gasteiger partial charge in [0.05, 0.1) is 12.1 Å². The summed E-state index contributed by atoms with van der Waals surface area (Å²) in [6.45, 7) is 1.95. The summed E-state index contributed by atoms with van der Waals surface area (Å²) in [7, 11) is 0. The summed E-state index contributed by atoms with van der Waals surface area (Å²) in [5.74, 6) is -0.567. The maximum Gasteiger partial charge on any atom is 0.325 e. The molecular weight excluding hydrogens is 367 g/mol. The van der Waals surface area contributed by atoms with Crippen LogP contribution in [0.1, 0.15) is 11.3 Å². The monoisotopic (exact) mass is 384 g/mol. The van der Waals surface area contributed by atoms with E-state index in [4.69, 9.17) is 0 Å². The molecule has 0 aliphatic heterocycles. The number of anilines is 3. The molecule has 2 aromatic carbocycles. The van der Waals surface area contributed by atoms with Crippen LogP contribution in [0.5, 0.6) is 0 Å². The fourth-order valence-corrected chi connectivity index (χ4v) is 3.04. The van der Waals surface area contributed by atoms with E-state index in [0.29, 0.717) is 16.5 Å². The summed E-state index contributed by atoms with van der Waals surface area (Å²) in [5.41, 5.74) is 2.80. The van der Waals surface area contributed by atoms with E-state index in [0.717, 1.165) is 11.3 Å². The number of nitrogens with one attached hydrogen (secondary N) is 3. The van der Waals surface area contributed by atoms with Crippen molar-refractivity contribution < 1.29 is 14.0 Å². The van der Waals surface area contributed by atoms with E-state index < -0.39 is 6.03 Å². The van der Waals surface area contributed by atoms with E-state index >= 15 is 0 Å². The van der Waals surface area contributed by atoms with Crippen LogP contribution < -0.4 is 16.0 Å². The highest BCUT2D eigenvalue weighted by molar-refractivity contribution is 7.14. The SMILES string of the molecule is Cc1cccc(NC(=O)Cc2csc(NC(=O)Nc3ccc(F)cc3)n2)c1. The van der Waals surface area contributed by atoms with Crippen molar-refractivity contribution in [3.05, 3.63) is 71.0 Å². The summed E-state index contributed by atoms with van der Waals surface area (Å²) >= 11 is 1.22. The molecule has 0 bridgehead atoms. The largest absolute Gasteiger partial charge is 0.326 e. The Balaban J connectivity index is 1.52. The van der Waals surface area contributed by atoms with Gasteiger partial charge in [-0.25, -0.2) is 14.2 Å². The molecular formula is C19H17FN4O2S. The molecule has 0 spiro atoms. The van der Waals surface area contributed by atoms with Gasteiger partial charge in [0, 0.05) is 16.8 Å². The number of aryl methyl sites for hydroxylation is 1. The predicted octanol–water partition coefficient (Wildman–Crippen LogP) is 4.42. The molecule has 0 aliphatic carbocycles. The number of carbonyl (C=O) groups excluding carboxylic acids is 2. The molecule has 0 radical (unpaired) electrons. The molecule has 8 heteroatoms. The molecule has 0 aliphatic rings. The highest BCUT2D eigenvalue weighted by Gasteiger charge is 2.10. The molecule has 3 amide bonds. The second kappa shape index (κ2) is 8.41. The predicted molar refractivity (Wildman–Crippen MR) is 105 cm³/mol. The number of benzene rings is 2. The van der Waals surface area contributed by atoms with Crippen LogP contribution in [0.3, 0.4) is 0 Å². The number of carbonyl (C=O) groups is 2. The van der Waals surface area contributed by atoms with Crippen molar-refractivity contribution >= 4 is 39.8 Å². The topological polar surface area (TPSA) is 83.1 Å². The van der Waals surface area contributed by atoms with Crippen LogP contribution in [-0.4, -0.2) is 16.9 Å². The van der Waals surface area contributed by atoms with E-state index in [1.165, 1.54) is 35.6 Å². The van der Waals surface area contributed by atoms with Crippen LogP contribution in [0.15, 0.2) is 53.9 Å². The maximum absolute atomic E-state index is 12.9. The number of hydrogen-bond donors (Lipinski definition) is 3. The van der Waals surface area contributed by atoms with Gasteiger partial charge in [-0.2, -0.15) is 0 Å². The first-order valence-electron chi connectivity index (χ1n) is 8.12. The van der Waals surface area contributed by atoms with Gasteiger partial charge in [-0.05, 0) is 48.9 Å². The number of hydrogen-bond acceptors (Lipinski definition) is 4. The molecule has 3 rings (SSSR count). The average molecular weight is 384 g/mol. The van der Waals surface area contributed by atoms with Crippen LogP contribution in [0.25, 0.3) is 0 Å². The fourth-order valence-electron chi connectivity index (χ4n) is 2.33. The normalized spacial score (nSPS) is 10.3. The van der Waals surface area contributed by atoms with Crippen molar-refractivity contribution in [2.45, 2.75) is 13.3 Å². The van der Waals surface area contributed by atoms with Crippen molar-refractivity contribution in [2.24, 2.45) is 0 Å². The van der Waals surface area contributed by atoms with E-state index in [-0.39, 0.29) is 18.1 Å². The minimum atomic E-state index is -0.494. The molecule has 1 aromatic heterocycles.